The maximum atomic E-state index is 5.88. The lowest BCUT2D eigenvalue weighted by Crippen LogP contribution is -2.35. The van der Waals surface area contributed by atoms with E-state index in [4.69, 9.17) is 20.2 Å². The second-order valence-electron chi connectivity index (χ2n) is 5.46. The van der Waals surface area contributed by atoms with Crippen LogP contribution in [0.5, 0.6) is 0 Å². The quantitative estimate of drug-likeness (QED) is 0.923. The van der Waals surface area contributed by atoms with E-state index in [2.05, 4.69) is 0 Å². The molecule has 1 saturated heterocycles. The van der Waals surface area contributed by atoms with E-state index >= 15 is 0 Å². The molecule has 1 aromatic rings. The second-order valence-corrected chi connectivity index (χ2v) is 6.55. The molecule has 3 rings (SSSR count). The minimum absolute atomic E-state index is 0.223. The Morgan fingerprint density at radius 1 is 1.47 bits per heavy atom. The van der Waals surface area contributed by atoms with Gasteiger partial charge in [-0.2, -0.15) is 0 Å². The number of fused-ring (bicyclic) bond motifs is 1. The summed E-state index contributed by atoms with van der Waals surface area (Å²) in [6.07, 6.45) is 5.38. The number of methoxy groups -OCH3 is 1. The Kier molecular flexibility index (Phi) is 3.89. The van der Waals surface area contributed by atoms with Crippen molar-refractivity contribution in [2.75, 3.05) is 26.9 Å². The van der Waals surface area contributed by atoms with Crippen molar-refractivity contribution in [1.82, 2.24) is 4.98 Å². The lowest BCUT2D eigenvalue weighted by molar-refractivity contribution is -0.0949. The first kappa shape index (κ1) is 13.5. The van der Waals surface area contributed by atoms with Crippen LogP contribution in [0.25, 0.3) is 0 Å². The first-order valence-corrected chi connectivity index (χ1v) is 7.94. The molecule has 1 unspecified atom stereocenters. The van der Waals surface area contributed by atoms with Gasteiger partial charge in [-0.25, -0.2) is 4.98 Å². The molecule has 0 radical (unpaired) electrons. The van der Waals surface area contributed by atoms with Gasteiger partial charge in [-0.05, 0) is 19.3 Å². The van der Waals surface area contributed by atoms with Crippen LogP contribution in [-0.4, -0.2) is 31.9 Å². The van der Waals surface area contributed by atoms with Crippen LogP contribution in [0.4, 0.5) is 0 Å². The summed E-state index contributed by atoms with van der Waals surface area (Å²) in [5, 5.41) is 1.14. The molecule has 5 heteroatoms. The van der Waals surface area contributed by atoms with Gasteiger partial charge in [0.15, 0.2) is 0 Å². The molecule has 1 aliphatic heterocycles. The van der Waals surface area contributed by atoms with Crippen LogP contribution in [0.3, 0.4) is 0 Å². The number of ether oxygens (including phenoxy) is 2. The van der Waals surface area contributed by atoms with E-state index < -0.39 is 0 Å². The maximum absolute atomic E-state index is 5.88. The predicted octanol–water partition coefficient (Wildman–Crippen LogP) is 2.17. The van der Waals surface area contributed by atoms with Crippen LogP contribution in [0, 0.1) is 0 Å². The zero-order chi connectivity index (χ0) is 13.3. The van der Waals surface area contributed by atoms with Crippen molar-refractivity contribution in [2.45, 2.75) is 43.6 Å². The van der Waals surface area contributed by atoms with Gasteiger partial charge in [-0.15, -0.1) is 11.3 Å². The molecule has 1 fully saturated rings. The van der Waals surface area contributed by atoms with E-state index in [0.29, 0.717) is 12.5 Å². The van der Waals surface area contributed by atoms with Crippen molar-refractivity contribution < 1.29 is 9.47 Å². The van der Waals surface area contributed by atoms with Crippen molar-refractivity contribution in [3.8, 4) is 0 Å². The van der Waals surface area contributed by atoms with Crippen molar-refractivity contribution in [2.24, 2.45) is 5.73 Å². The second kappa shape index (κ2) is 5.48. The summed E-state index contributed by atoms with van der Waals surface area (Å²) in [6, 6.07) is 0. The minimum Gasteiger partial charge on any atom is -0.381 e. The highest BCUT2D eigenvalue weighted by Gasteiger charge is 2.39. The Balaban J connectivity index is 1.94. The smallest absolute Gasteiger partial charge is 0.125 e. The molecule has 19 heavy (non-hydrogen) atoms. The predicted molar refractivity (Wildman–Crippen MR) is 75.6 cm³/mol. The number of nitrogens with two attached hydrogens (primary N) is 1. The highest BCUT2D eigenvalue weighted by Crippen LogP contribution is 2.42. The Labute approximate surface area is 118 Å². The summed E-state index contributed by atoms with van der Waals surface area (Å²) in [6.45, 7) is 2.23. The number of hydrogen-bond donors (Lipinski definition) is 1. The third-order valence-electron chi connectivity index (χ3n) is 4.44. The molecule has 106 valence electrons. The topological polar surface area (TPSA) is 57.4 Å². The van der Waals surface area contributed by atoms with Gasteiger partial charge in [0.05, 0.1) is 5.69 Å². The van der Waals surface area contributed by atoms with Crippen molar-refractivity contribution in [1.29, 1.82) is 0 Å². The fourth-order valence-electron chi connectivity index (χ4n) is 3.14. The first-order valence-electron chi connectivity index (χ1n) is 7.12. The molecule has 1 atom stereocenters. The molecule has 4 nitrogen and oxygen atoms in total. The summed E-state index contributed by atoms with van der Waals surface area (Å²) >= 11 is 1.84. The van der Waals surface area contributed by atoms with Gasteiger partial charge in [0, 0.05) is 50.5 Å². The SMILES string of the molecule is COC1(c2nc3c(s2)CCCC3CN)CCOCC1. The van der Waals surface area contributed by atoms with Crippen LogP contribution >= 0.6 is 11.3 Å². The Morgan fingerprint density at radius 2 is 2.26 bits per heavy atom. The maximum Gasteiger partial charge on any atom is 0.125 e. The van der Waals surface area contributed by atoms with Crippen LogP contribution in [-0.2, 0) is 21.5 Å². The summed E-state index contributed by atoms with van der Waals surface area (Å²) in [7, 11) is 1.80. The Morgan fingerprint density at radius 3 is 2.95 bits per heavy atom. The molecule has 0 amide bonds. The third-order valence-corrected chi connectivity index (χ3v) is 5.75. The fourth-order valence-corrected chi connectivity index (χ4v) is 4.55. The minimum atomic E-state index is -0.223. The molecular formula is C14H22N2O2S. The average Bonchev–Trinajstić information content (AvgIpc) is 2.92. The van der Waals surface area contributed by atoms with Crippen LogP contribution in [0.1, 0.15) is 47.2 Å². The first-order chi connectivity index (χ1) is 9.29. The van der Waals surface area contributed by atoms with Gasteiger partial charge in [-0.3, -0.25) is 0 Å². The van der Waals surface area contributed by atoms with E-state index in [0.717, 1.165) is 37.5 Å². The number of aromatic nitrogens is 1. The highest BCUT2D eigenvalue weighted by atomic mass is 32.1. The number of thiazole rings is 1. The van der Waals surface area contributed by atoms with Gasteiger partial charge < -0.3 is 15.2 Å². The lowest BCUT2D eigenvalue weighted by atomic mass is 9.90. The van der Waals surface area contributed by atoms with Crippen LogP contribution < -0.4 is 5.73 Å². The van der Waals surface area contributed by atoms with Crippen molar-refractivity contribution in [3.05, 3.63) is 15.6 Å². The molecule has 2 aliphatic rings. The largest absolute Gasteiger partial charge is 0.381 e. The van der Waals surface area contributed by atoms with Gasteiger partial charge in [-0.1, -0.05) is 0 Å². The summed E-state index contributed by atoms with van der Waals surface area (Å²) < 4.78 is 11.3. The Hall–Kier alpha value is -0.490. The van der Waals surface area contributed by atoms with E-state index in [1.807, 2.05) is 11.3 Å². The van der Waals surface area contributed by atoms with Gasteiger partial charge in [0.2, 0.25) is 0 Å². The van der Waals surface area contributed by atoms with Gasteiger partial charge in [0.1, 0.15) is 10.6 Å². The number of rotatable bonds is 3. The Bertz CT molecular complexity index is 441. The van der Waals surface area contributed by atoms with Crippen LogP contribution in [0.15, 0.2) is 0 Å². The zero-order valence-corrected chi connectivity index (χ0v) is 12.3. The molecule has 0 spiro atoms. The average molecular weight is 282 g/mol. The molecular weight excluding hydrogens is 260 g/mol. The summed E-state index contributed by atoms with van der Waals surface area (Å²) in [4.78, 5) is 6.36. The number of aryl methyl sites for hydroxylation is 1. The molecule has 0 aromatic carbocycles. The van der Waals surface area contributed by atoms with Crippen LogP contribution in [0.2, 0.25) is 0 Å². The molecule has 1 aliphatic carbocycles. The molecule has 0 bridgehead atoms. The standard InChI is InChI=1S/C14H22N2O2S/c1-17-14(5-7-18-8-6-14)13-16-12-10(9-15)3-2-4-11(12)19-13/h10H,2-9,15H2,1H3. The van der Waals surface area contributed by atoms with Gasteiger partial charge in [0.25, 0.3) is 0 Å². The summed E-state index contributed by atoms with van der Waals surface area (Å²) in [5.74, 6) is 0.447. The van der Waals surface area contributed by atoms with Crippen molar-refractivity contribution in [3.63, 3.8) is 0 Å². The fraction of sp³-hybridized carbons (Fsp3) is 0.786. The molecule has 0 saturated carbocycles. The zero-order valence-electron chi connectivity index (χ0n) is 11.5. The lowest BCUT2D eigenvalue weighted by Gasteiger charge is -2.33. The number of hydrogen-bond acceptors (Lipinski definition) is 5. The highest BCUT2D eigenvalue weighted by molar-refractivity contribution is 7.11. The normalized spacial score (nSPS) is 26.1. The van der Waals surface area contributed by atoms with E-state index in [1.165, 1.54) is 23.4 Å². The molecule has 2 N–H and O–H groups in total. The summed E-state index contributed by atoms with van der Waals surface area (Å²) in [5.41, 5.74) is 6.91. The monoisotopic (exact) mass is 282 g/mol. The molecule has 2 heterocycles. The van der Waals surface area contributed by atoms with Gasteiger partial charge >= 0.3 is 0 Å². The van der Waals surface area contributed by atoms with E-state index in [9.17, 15) is 0 Å². The van der Waals surface area contributed by atoms with E-state index in [1.54, 1.807) is 7.11 Å². The van der Waals surface area contributed by atoms with E-state index in [-0.39, 0.29) is 5.60 Å². The third kappa shape index (κ3) is 2.33. The number of nitrogens with zero attached hydrogens (tertiary/aromatic N) is 1. The van der Waals surface area contributed by atoms with Crippen molar-refractivity contribution >= 4 is 11.3 Å². The molecule has 1 aromatic heterocycles.